The summed E-state index contributed by atoms with van der Waals surface area (Å²) < 4.78 is 1.72. The van der Waals surface area contributed by atoms with E-state index in [0.29, 0.717) is 10.7 Å². The van der Waals surface area contributed by atoms with Crippen LogP contribution in [0.4, 0.5) is 5.69 Å². The van der Waals surface area contributed by atoms with Gasteiger partial charge in [-0.05, 0) is 24.6 Å². The summed E-state index contributed by atoms with van der Waals surface area (Å²) in [7, 11) is 0. The maximum Gasteiger partial charge on any atom is 0.106 e. The number of halogens is 1. The Balaban J connectivity index is 2.53. The summed E-state index contributed by atoms with van der Waals surface area (Å²) in [6.07, 6.45) is 2.77. The Hall–Kier alpha value is -1.48. The van der Waals surface area contributed by atoms with E-state index in [1.54, 1.807) is 10.7 Å². The van der Waals surface area contributed by atoms with Crippen LogP contribution in [-0.2, 0) is 6.42 Å². The van der Waals surface area contributed by atoms with Crippen molar-refractivity contribution in [1.29, 1.82) is 0 Å². The molecule has 0 unspecified atom stereocenters. The van der Waals surface area contributed by atoms with Crippen molar-refractivity contribution in [2.24, 2.45) is 0 Å². The Morgan fingerprint density at radius 3 is 2.80 bits per heavy atom. The van der Waals surface area contributed by atoms with Gasteiger partial charge in [0.1, 0.15) is 5.69 Å². The van der Waals surface area contributed by atoms with Gasteiger partial charge in [-0.15, -0.1) is 0 Å². The minimum atomic E-state index is 0.612. The molecule has 1 aromatic carbocycles. The highest BCUT2D eigenvalue weighted by Crippen LogP contribution is 2.25. The number of para-hydroxylation sites is 1. The third kappa shape index (κ3) is 1.83. The van der Waals surface area contributed by atoms with Crippen molar-refractivity contribution < 1.29 is 0 Å². The van der Waals surface area contributed by atoms with Gasteiger partial charge in [-0.1, -0.05) is 24.6 Å². The molecule has 3 nitrogen and oxygen atoms in total. The Bertz CT molecular complexity index is 456. The lowest BCUT2D eigenvalue weighted by Gasteiger charge is -2.07. The number of nitrogens with two attached hydrogens (primary N) is 1. The van der Waals surface area contributed by atoms with Crippen molar-refractivity contribution in [2.45, 2.75) is 13.3 Å². The summed E-state index contributed by atoms with van der Waals surface area (Å²) in [6, 6.07) is 7.41. The van der Waals surface area contributed by atoms with Gasteiger partial charge < -0.3 is 5.73 Å². The summed E-state index contributed by atoms with van der Waals surface area (Å²) in [5.41, 5.74) is 8.26. The highest BCUT2D eigenvalue weighted by molar-refractivity contribution is 6.32. The molecule has 0 aliphatic heterocycles. The molecule has 0 radical (unpaired) electrons. The van der Waals surface area contributed by atoms with Crippen molar-refractivity contribution in [2.75, 3.05) is 5.73 Å². The van der Waals surface area contributed by atoms with Crippen LogP contribution >= 0.6 is 11.6 Å². The summed E-state index contributed by atoms with van der Waals surface area (Å²) in [5, 5.41) is 4.98. The van der Waals surface area contributed by atoms with Gasteiger partial charge in [-0.25, -0.2) is 4.68 Å². The first kappa shape index (κ1) is 10.1. The molecule has 0 bridgehead atoms. The largest absolute Gasteiger partial charge is 0.397 e. The predicted molar refractivity (Wildman–Crippen MR) is 62.4 cm³/mol. The normalized spacial score (nSPS) is 10.5. The third-order valence-electron chi connectivity index (χ3n) is 2.25. The zero-order valence-electron chi connectivity index (χ0n) is 8.44. The van der Waals surface area contributed by atoms with E-state index in [0.717, 1.165) is 17.8 Å². The molecule has 1 heterocycles. The molecule has 1 aromatic heterocycles. The quantitative estimate of drug-likeness (QED) is 0.793. The van der Waals surface area contributed by atoms with Crippen LogP contribution < -0.4 is 5.73 Å². The molecule has 2 rings (SSSR count). The first-order valence-electron chi connectivity index (χ1n) is 4.81. The molecule has 0 atom stereocenters. The SMILES string of the molecule is CCc1ccn(-c2c(N)cccc2Cl)n1. The monoisotopic (exact) mass is 221 g/mol. The maximum atomic E-state index is 6.08. The van der Waals surface area contributed by atoms with E-state index in [2.05, 4.69) is 12.0 Å². The fourth-order valence-electron chi connectivity index (χ4n) is 1.45. The van der Waals surface area contributed by atoms with Crippen LogP contribution in [0.3, 0.4) is 0 Å². The van der Waals surface area contributed by atoms with E-state index in [9.17, 15) is 0 Å². The van der Waals surface area contributed by atoms with E-state index < -0.39 is 0 Å². The number of aryl methyl sites for hydroxylation is 1. The number of hydrogen-bond donors (Lipinski definition) is 1. The second-order valence-corrected chi connectivity index (χ2v) is 3.69. The van der Waals surface area contributed by atoms with Crippen molar-refractivity contribution in [1.82, 2.24) is 9.78 Å². The van der Waals surface area contributed by atoms with Crippen LogP contribution in [0.2, 0.25) is 5.02 Å². The molecule has 2 N–H and O–H groups in total. The first-order valence-corrected chi connectivity index (χ1v) is 5.19. The zero-order chi connectivity index (χ0) is 10.8. The van der Waals surface area contributed by atoms with Crippen LogP contribution in [0.15, 0.2) is 30.5 Å². The molecule has 2 aromatic rings. The number of aromatic nitrogens is 2. The fourth-order valence-corrected chi connectivity index (χ4v) is 1.72. The molecular formula is C11H12ClN3. The number of nitrogens with zero attached hydrogens (tertiary/aromatic N) is 2. The molecular weight excluding hydrogens is 210 g/mol. The lowest BCUT2D eigenvalue weighted by atomic mass is 10.3. The van der Waals surface area contributed by atoms with Crippen molar-refractivity contribution in [3.05, 3.63) is 41.2 Å². The highest BCUT2D eigenvalue weighted by Gasteiger charge is 2.07. The standard InChI is InChI=1S/C11H12ClN3/c1-2-8-6-7-15(14-8)11-9(12)4-3-5-10(11)13/h3-7H,2,13H2,1H3. The van der Waals surface area contributed by atoms with E-state index in [-0.39, 0.29) is 0 Å². The predicted octanol–water partition coefficient (Wildman–Crippen LogP) is 2.67. The van der Waals surface area contributed by atoms with Crippen molar-refractivity contribution in [3.63, 3.8) is 0 Å². The molecule has 0 saturated heterocycles. The minimum Gasteiger partial charge on any atom is -0.397 e. The number of nitrogen functional groups attached to an aromatic ring is 1. The fraction of sp³-hybridized carbons (Fsp3) is 0.182. The Morgan fingerprint density at radius 2 is 2.20 bits per heavy atom. The summed E-state index contributed by atoms with van der Waals surface area (Å²) >= 11 is 6.08. The number of benzene rings is 1. The van der Waals surface area contributed by atoms with Gasteiger partial charge in [0.05, 0.1) is 16.4 Å². The van der Waals surface area contributed by atoms with Crippen molar-refractivity contribution >= 4 is 17.3 Å². The number of anilines is 1. The molecule has 15 heavy (non-hydrogen) atoms. The molecule has 78 valence electrons. The third-order valence-corrected chi connectivity index (χ3v) is 2.56. The molecule has 0 amide bonds. The topological polar surface area (TPSA) is 43.8 Å². The summed E-state index contributed by atoms with van der Waals surface area (Å²) in [5.74, 6) is 0. The Morgan fingerprint density at radius 1 is 1.40 bits per heavy atom. The van der Waals surface area contributed by atoms with E-state index >= 15 is 0 Å². The van der Waals surface area contributed by atoms with Gasteiger partial charge in [0, 0.05) is 6.20 Å². The van der Waals surface area contributed by atoms with Crippen LogP contribution in [0, 0.1) is 0 Å². The molecule has 0 spiro atoms. The molecule has 0 saturated carbocycles. The van der Waals surface area contributed by atoms with Gasteiger partial charge in [0.15, 0.2) is 0 Å². The lowest BCUT2D eigenvalue weighted by Crippen LogP contribution is -2.01. The van der Waals surface area contributed by atoms with E-state index in [1.165, 1.54) is 0 Å². The van der Waals surface area contributed by atoms with Crippen LogP contribution in [0.5, 0.6) is 0 Å². The smallest absolute Gasteiger partial charge is 0.106 e. The van der Waals surface area contributed by atoms with Crippen LogP contribution in [0.25, 0.3) is 5.69 Å². The number of rotatable bonds is 2. The van der Waals surface area contributed by atoms with E-state index in [4.69, 9.17) is 17.3 Å². The van der Waals surface area contributed by atoms with Crippen LogP contribution in [0.1, 0.15) is 12.6 Å². The highest BCUT2D eigenvalue weighted by atomic mass is 35.5. The minimum absolute atomic E-state index is 0.612. The summed E-state index contributed by atoms with van der Waals surface area (Å²) in [6.45, 7) is 2.06. The van der Waals surface area contributed by atoms with Gasteiger partial charge >= 0.3 is 0 Å². The molecule has 0 fully saturated rings. The average molecular weight is 222 g/mol. The first-order chi connectivity index (χ1) is 7.22. The Kier molecular flexibility index (Phi) is 2.64. The van der Waals surface area contributed by atoms with Gasteiger partial charge in [-0.3, -0.25) is 0 Å². The maximum absolute atomic E-state index is 6.08. The molecule has 0 aliphatic carbocycles. The van der Waals surface area contributed by atoms with Gasteiger partial charge in [-0.2, -0.15) is 5.10 Å². The zero-order valence-corrected chi connectivity index (χ0v) is 9.20. The number of hydrogen-bond acceptors (Lipinski definition) is 2. The molecule has 0 aliphatic rings. The molecule has 4 heteroatoms. The lowest BCUT2D eigenvalue weighted by molar-refractivity contribution is 0.843. The average Bonchev–Trinajstić information content (AvgIpc) is 2.66. The van der Waals surface area contributed by atoms with Crippen molar-refractivity contribution in [3.8, 4) is 5.69 Å². The second-order valence-electron chi connectivity index (χ2n) is 3.28. The Labute approximate surface area is 93.5 Å². The van der Waals surface area contributed by atoms with Gasteiger partial charge in [0.2, 0.25) is 0 Å². The van der Waals surface area contributed by atoms with Gasteiger partial charge in [0.25, 0.3) is 0 Å². The second kappa shape index (κ2) is 3.95. The van der Waals surface area contributed by atoms with E-state index in [1.807, 2.05) is 24.4 Å². The summed E-state index contributed by atoms with van der Waals surface area (Å²) in [4.78, 5) is 0. The van der Waals surface area contributed by atoms with Crippen LogP contribution in [-0.4, -0.2) is 9.78 Å².